The minimum Gasteiger partial charge on any atom is -0.388 e. The SMILES string of the molecule is CC(C)C[C@H](N)C(=O)N1CCC(C(O)c2ccc(Cl)cc2)CC1.Cl. The number of aliphatic hydroxyl groups is 1. The van der Waals surface area contributed by atoms with Crippen LogP contribution in [0.3, 0.4) is 0 Å². The van der Waals surface area contributed by atoms with Gasteiger partial charge in [-0.3, -0.25) is 4.79 Å². The molecule has 3 N–H and O–H groups in total. The van der Waals surface area contributed by atoms with Crippen LogP contribution in [0.4, 0.5) is 0 Å². The number of nitrogens with two attached hydrogens (primary N) is 1. The van der Waals surface area contributed by atoms with E-state index in [9.17, 15) is 9.90 Å². The van der Waals surface area contributed by atoms with Crippen LogP contribution in [0.5, 0.6) is 0 Å². The predicted octanol–water partition coefficient (Wildman–Crippen LogP) is 3.41. The van der Waals surface area contributed by atoms with Crippen LogP contribution in [-0.4, -0.2) is 35.0 Å². The Bertz CT molecular complexity index is 514. The van der Waals surface area contributed by atoms with Crippen molar-refractivity contribution in [3.8, 4) is 0 Å². The molecule has 1 unspecified atom stereocenters. The standard InChI is InChI=1S/C18H27ClN2O2.ClH/c1-12(2)11-16(20)18(23)21-9-7-14(8-10-21)17(22)13-3-5-15(19)6-4-13;/h3-6,12,14,16-17,22H,7-11,20H2,1-2H3;1H/t16-,17?;/m0./s1. The highest BCUT2D eigenvalue weighted by atomic mass is 35.5. The molecule has 1 amide bonds. The zero-order valence-corrected chi connectivity index (χ0v) is 15.9. The second-order valence-corrected chi connectivity index (χ2v) is 7.33. The van der Waals surface area contributed by atoms with E-state index in [1.54, 1.807) is 12.1 Å². The monoisotopic (exact) mass is 374 g/mol. The highest BCUT2D eigenvalue weighted by Gasteiger charge is 2.30. The molecule has 1 fully saturated rings. The molecule has 1 aliphatic heterocycles. The fraction of sp³-hybridized carbons (Fsp3) is 0.611. The van der Waals surface area contributed by atoms with E-state index in [2.05, 4.69) is 13.8 Å². The maximum absolute atomic E-state index is 12.3. The Morgan fingerprint density at radius 1 is 1.29 bits per heavy atom. The molecule has 2 rings (SSSR count). The van der Waals surface area contributed by atoms with Crippen molar-refractivity contribution >= 4 is 29.9 Å². The molecule has 0 aliphatic carbocycles. The Morgan fingerprint density at radius 2 is 1.83 bits per heavy atom. The number of hydrogen-bond acceptors (Lipinski definition) is 3. The third-order valence-corrected chi connectivity index (χ3v) is 4.80. The highest BCUT2D eigenvalue weighted by molar-refractivity contribution is 6.30. The average Bonchev–Trinajstić information content (AvgIpc) is 2.53. The lowest BCUT2D eigenvalue weighted by molar-refractivity contribution is -0.135. The molecule has 1 aromatic carbocycles. The summed E-state index contributed by atoms with van der Waals surface area (Å²) < 4.78 is 0. The highest BCUT2D eigenvalue weighted by Crippen LogP contribution is 2.31. The van der Waals surface area contributed by atoms with Gasteiger partial charge >= 0.3 is 0 Å². The van der Waals surface area contributed by atoms with Crippen molar-refractivity contribution < 1.29 is 9.90 Å². The average molecular weight is 375 g/mol. The Balaban J connectivity index is 0.00000288. The summed E-state index contributed by atoms with van der Waals surface area (Å²) in [7, 11) is 0. The minimum absolute atomic E-state index is 0. The summed E-state index contributed by atoms with van der Waals surface area (Å²) in [5.41, 5.74) is 6.88. The zero-order valence-electron chi connectivity index (χ0n) is 14.3. The topological polar surface area (TPSA) is 66.6 Å². The minimum atomic E-state index is -0.506. The predicted molar refractivity (Wildman–Crippen MR) is 100 cm³/mol. The van der Waals surface area contributed by atoms with Crippen molar-refractivity contribution in [2.75, 3.05) is 13.1 Å². The molecular formula is C18H28Cl2N2O2. The van der Waals surface area contributed by atoms with E-state index in [1.807, 2.05) is 17.0 Å². The van der Waals surface area contributed by atoms with Gasteiger partial charge in [0.05, 0.1) is 12.1 Å². The van der Waals surface area contributed by atoms with Crippen LogP contribution in [0.1, 0.15) is 44.8 Å². The van der Waals surface area contributed by atoms with Crippen molar-refractivity contribution in [3.05, 3.63) is 34.9 Å². The Labute approximate surface area is 155 Å². The number of carbonyl (C=O) groups excluding carboxylic acids is 1. The molecule has 136 valence electrons. The second-order valence-electron chi connectivity index (χ2n) is 6.90. The van der Waals surface area contributed by atoms with Crippen LogP contribution in [0.2, 0.25) is 5.02 Å². The Morgan fingerprint density at radius 3 is 2.33 bits per heavy atom. The first-order chi connectivity index (χ1) is 10.9. The molecule has 4 nitrogen and oxygen atoms in total. The normalized spacial score (nSPS) is 18.2. The number of nitrogens with zero attached hydrogens (tertiary/aromatic N) is 1. The lowest BCUT2D eigenvalue weighted by atomic mass is 9.87. The van der Waals surface area contributed by atoms with E-state index in [4.69, 9.17) is 17.3 Å². The summed E-state index contributed by atoms with van der Waals surface area (Å²) in [5, 5.41) is 11.2. The molecule has 1 heterocycles. The molecule has 0 saturated carbocycles. The molecular weight excluding hydrogens is 347 g/mol. The van der Waals surface area contributed by atoms with Crippen molar-refractivity contribution in [2.24, 2.45) is 17.6 Å². The molecule has 1 aliphatic rings. The number of halogens is 2. The van der Waals surface area contributed by atoms with Crippen LogP contribution in [0.25, 0.3) is 0 Å². The van der Waals surface area contributed by atoms with Gasteiger partial charge in [0.15, 0.2) is 0 Å². The van der Waals surface area contributed by atoms with Gasteiger partial charge < -0.3 is 15.7 Å². The number of hydrogen-bond donors (Lipinski definition) is 2. The van der Waals surface area contributed by atoms with Crippen molar-refractivity contribution in [1.82, 2.24) is 4.90 Å². The van der Waals surface area contributed by atoms with Crippen LogP contribution in [0.15, 0.2) is 24.3 Å². The van der Waals surface area contributed by atoms with Gasteiger partial charge in [-0.2, -0.15) is 0 Å². The quantitative estimate of drug-likeness (QED) is 0.829. The third kappa shape index (κ3) is 5.62. The molecule has 0 radical (unpaired) electrons. The second kappa shape index (κ2) is 9.62. The first kappa shape index (κ1) is 21.2. The van der Waals surface area contributed by atoms with E-state index in [-0.39, 0.29) is 24.2 Å². The third-order valence-electron chi connectivity index (χ3n) is 4.55. The number of aliphatic hydroxyl groups excluding tert-OH is 1. The van der Waals surface area contributed by atoms with Gasteiger partial charge in [0.2, 0.25) is 5.91 Å². The van der Waals surface area contributed by atoms with Gasteiger partial charge in [0.1, 0.15) is 0 Å². The lowest BCUT2D eigenvalue weighted by Gasteiger charge is -2.35. The summed E-state index contributed by atoms with van der Waals surface area (Å²) in [6.07, 6.45) is 1.80. The van der Waals surface area contributed by atoms with Crippen LogP contribution < -0.4 is 5.73 Å². The van der Waals surface area contributed by atoms with E-state index in [0.717, 1.165) is 18.4 Å². The Kier molecular flexibility index (Phi) is 8.51. The number of carbonyl (C=O) groups is 1. The first-order valence-corrected chi connectivity index (χ1v) is 8.74. The van der Waals surface area contributed by atoms with Crippen molar-refractivity contribution in [2.45, 2.75) is 45.3 Å². The molecule has 24 heavy (non-hydrogen) atoms. The maximum atomic E-state index is 12.3. The van der Waals surface area contributed by atoms with Gasteiger partial charge in [-0.1, -0.05) is 37.6 Å². The largest absolute Gasteiger partial charge is 0.388 e. The zero-order chi connectivity index (χ0) is 17.0. The maximum Gasteiger partial charge on any atom is 0.239 e. The molecule has 6 heteroatoms. The van der Waals surface area contributed by atoms with Gasteiger partial charge in [0.25, 0.3) is 0 Å². The molecule has 0 aromatic heterocycles. The van der Waals surface area contributed by atoms with E-state index in [1.165, 1.54) is 0 Å². The molecule has 0 bridgehead atoms. The van der Waals surface area contributed by atoms with E-state index < -0.39 is 12.1 Å². The van der Waals surface area contributed by atoms with E-state index in [0.29, 0.717) is 30.5 Å². The van der Waals surface area contributed by atoms with Gasteiger partial charge in [-0.25, -0.2) is 0 Å². The molecule has 1 aromatic rings. The molecule has 1 saturated heterocycles. The van der Waals surface area contributed by atoms with Crippen LogP contribution >= 0.6 is 24.0 Å². The summed E-state index contributed by atoms with van der Waals surface area (Å²) in [6, 6.07) is 6.91. The van der Waals surface area contributed by atoms with Crippen LogP contribution in [-0.2, 0) is 4.79 Å². The van der Waals surface area contributed by atoms with Gasteiger partial charge in [0, 0.05) is 18.1 Å². The van der Waals surface area contributed by atoms with Crippen LogP contribution in [0, 0.1) is 11.8 Å². The lowest BCUT2D eigenvalue weighted by Crippen LogP contribution is -2.48. The van der Waals surface area contributed by atoms with E-state index >= 15 is 0 Å². The summed E-state index contributed by atoms with van der Waals surface area (Å²) in [5.74, 6) is 0.623. The fourth-order valence-corrected chi connectivity index (χ4v) is 3.34. The van der Waals surface area contributed by atoms with Crippen molar-refractivity contribution in [3.63, 3.8) is 0 Å². The molecule has 2 atom stereocenters. The smallest absolute Gasteiger partial charge is 0.239 e. The number of piperidine rings is 1. The summed E-state index contributed by atoms with van der Waals surface area (Å²) in [6.45, 7) is 5.48. The Hall–Kier alpha value is -0.810. The summed E-state index contributed by atoms with van der Waals surface area (Å²) >= 11 is 5.88. The number of benzene rings is 1. The number of amides is 1. The fourth-order valence-electron chi connectivity index (χ4n) is 3.21. The van der Waals surface area contributed by atoms with Crippen molar-refractivity contribution in [1.29, 1.82) is 0 Å². The van der Waals surface area contributed by atoms with Gasteiger partial charge in [-0.05, 0) is 48.8 Å². The molecule has 0 spiro atoms. The summed E-state index contributed by atoms with van der Waals surface area (Å²) in [4.78, 5) is 14.2. The first-order valence-electron chi connectivity index (χ1n) is 8.36. The van der Waals surface area contributed by atoms with Gasteiger partial charge in [-0.15, -0.1) is 12.4 Å². The number of rotatable bonds is 5. The number of likely N-dealkylation sites (tertiary alicyclic amines) is 1.